The van der Waals surface area contributed by atoms with Gasteiger partial charge in [-0.05, 0) is 26.3 Å². The molecule has 2 aliphatic heterocycles. The van der Waals surface area contributed by atoms with Crippen LogP contribution in [-0.2, 0) is 4.74 Å². The summed E-state index contributed by atoms with van der Waals surface area (Å²) < 4.78 is 125. The van der Waals surface area contributed by atoms with Crippen LogP contribution >= 0.6 is 0 Å². The zero-order chi connectivity index (χ0) is 20.6. The Balaban J connectivity index is 2.09. The summed E-state index contributed by atoms with van der Waals surface area (Å²) in [5, 5.41) is 0. The molecule has 0 N–H and O–H groups in total. The molecule has 3 nitrogen and oxygen atoms in total. The van der Waals surface area contributed by atoms with Crippen LogP contribution in [-0.4, -0.2) is 85.7 Å². The number of alkyl halides is 9. The molecular formula is C15H21F9N2O. The Morgan fingerprint density at radius 1 is 0.815 bits per heavy atom. The fourth-order valence-electron chi connectivity index (χ4n) is 3.22. The minimum absolute atomic E-state index is 0.0276. The second-order valence-electron chi connectivity index (χ2n) is 6.97. The Bertz CT molecular complexity index is 494. The molecule has 12 heteroatoms. The first-order chi connectivity index (χ1) is 12.3. The average Bonchev–Trinajstić information content (AvgIpc) is 2.60. The van der Waals surface area contributed by atoms with Crippen LogP contribution in [0.1, 0.15) is 19.3 Å². The lowest BCUT2D eigenvalue weighted by Crippen LogP contribution is -2.60. The number of ether oxygens (including phenoxy) is 1. The molecule has 27 heavy (non-hydrogen) atoms. The molecule has 160 valence electrons. The van der Waals surface area contributed by atoms with Gasteiger partial charge in [-0.3, -0.25) is 4.90 Å². The highest BCUT2D eigenvalue weighted by atomic mass is 19.4. The highest BCUT2D eigenvalue weighted by Gasteiger charge is 2.63. The van der Waals surface area contributed by atoms with Crippen LogP contribution in [0, 0.1) is 0 Å². The first kappa shape index (κ1) is 22.5. The lowest BCUT2D eigenvalue weighted by atomic mass is 9.94. The van der Waals surface area contributed by atoms with Crippen LogP contribution in [0.2, 0.25) is 0 Å². The predicted molar refractivity (Wildman–Crippen MR) is 77.3 cm³/mol. The molecule has 4 unspecified atom stereocenters. The van der Waals surface area contributed by atoms with Crippen molar-refractivity contribution in [2.75, 3.05) is 33.2 Å². The normalized spacial score (nSPS) is 29.6. The number of hydrogen-bond acceptors (Lipinski definition) is 3. The quantitative estimate of drug-likeness (QED) is 0.503. The second kappa shape index (κ2) is 7.94. The standard InChI is InChI=1S/C15H21F9N2O/c1-25-5-7-26(8-6-25)12(17)14(20,21)10-4-2-3-9(27-10)13(18,19)11(16)15(22,23)24/h9-12H,2-8H2,1H3. The molecule has 0 aromatic rings. The van der Waals surface area contributed by atoms with E-state index < -0.39 is 55.5 Å². The number of hydrogen-bond donors (Lipinski definition) is 0. The van der Waals surface area contributed by atoms with Crippen LogP contribution in [0.5, 0.6) is 0 Å². The molecule has 0 amide bonds. The summed E-state index contributed by atoms with van der Waals surface area (Å²) in [7, 11) is 1.72. The maximum absolute atomic E-state index is 14.5. The molecule has 4 atom stereocenters. The Morgan fingerprint density at radius 3 is 1.78 bits per heavy atom. The van der Waals surface area contributed by atoms with Gasteiger partial charge in [-0.25, -0.2) is 17.6 Å². The lowest BCUT2D eigenvalue weighted by molar-refractivity contribution is -0.305. The largest absolute Gasteiger partial charge is 0.425 e. The third-order valence-corrected chi connectivity index (χ3v) is 4.92. The molecule has 0 aliphatic carbocycles. The number of nitrogens with zero attached hydrogens (tertiary/aromatic N) is 2. The Hall–Kier alpha value is -0.750. The molecule has 0 aromatic carbocycles. The van der Waals surface area contributed by atoms with Crippen molar-refractivity contribution >= 4 is 0 Å². The lowest BCUT2D eigenvalue weighted by Gasteiger charge is -2.42. The summed E-state index contributed by atoms with van der Waals surface area (Å²) in [6.45, 7) is 0.579. The molecule has 0 aromatic heterocycles. The van der Waals surface area contributed by atoms with Gasteiger partial charge in [-0.1, -0.05) is 0 Å². The zero-order valence-electron chi connectivity index (χ0n) is 14.5. The number of halogens is 9. The first-order valence-corrected chi connectivity index (χ1v) is 8.46. The Labute approximate surface area is 150 Å². The van der Waals surface area contributed by atoms with Crippen molar-refractivity contribution in [3.05, 3.63) is 0 Å². The smallest absolute Gasteiger partial charge is 0.362 e. The van der Waals surface area contributed by atoms with E-state index in [4.69, 9.17) is 0 Å². The van der Waals surface area contributed by atoms with Crippen LogP contribution in [0.3, 0.4) is 0 Å². The molecule has 0 bridgehead atoms. The van der Waals surface area contributed by atoms with E-state index in [1.165, 1.54) is 0 Å². The zero-order valence-corrected chi connectivity index (χ0v) is 14.5. The van der Waals surface area contributed by atoms with Crippen molar-refractivity contribution in [1.82, 2.24) is 9.80 Å². The number of rotatable bonds is 5. The van der Waals surface area contributed by atoms with Crippen molar-refractivity contribution in [2.45, 2.75) is 62.0 Å². The fraction of sp³-hybridized carbons (Fsp3) is 1.00. The second-order valence-corrected chi connectivity index (χ2v) is 6.97. The van der Waals surface area contributed by atoms with E-state index >= 15 is 0 Å². The third-order valence-electron chi connectivity index (χ3n) is 4.92. The molecule has 2 aliphatic rings. The highest BCUT2D eigenvalue weighted by molar-refractivity contribution is 4.96. The van der Waals surface area contributed by atoms with E-state index in [9.17, 15) is 39.5 Å². The minimum Gasteiger partial charge on any atom is -0.362 e. The SMILES string of the molecule is CN1CCN(C(F)C(F)(F)C2CCCC(C(F)(F)C(F)C(F)(F)F)O2)CC1. The van der Waals surface area contributed by atoms with Gasteiger partial charge in [0, 0.05) is 26.2 Å². The summed E-state index contributed by atoms with van der Waals surface area (Å²) in [6.07, 6.45) is -20.0. The van der Waals surface area contributed by atoms with Gasteiger partial charge in [-0.2, -0.15) is 22.0 Å². The van der Waals surface area contributed by atoms with E-state index in [0.29, 0.717) is 13.1 Å². The van der Waals surface area contributed by atoms with Crippen LogP contribution in [0.25, 0.3) is 0 Å². The van der Waals surface area contributed by atoms with E-state index in [1.807, 2.05) is 0 Å². The fourth-order valence-corrected chi connectivity index (χ4v) is 3.22. The molecule has 0 spiro atoms. The summed E-state index contributed by atoms with van der Waals surface area (Å²) in [5.74, 6) is -9.28. The first-order valence-electron chi connectivity index (χ1n) is 8.46. The summed E-state index contributed by atoms with van der Waals surface area (Å²) >= 11 is 0. The molecule has 0 radical (unpaired) electrons. The molecule has 2 heterocycles. The molecule has 0 saturated carbocycles. The summed E-state index contributed by atoms with van der Waals surface area (Å²) in [5.41, 5.74) is 0. The molecule has 2 rings (SSSR count). The van der Waals surface area contributed by atoms with E-state index in [1.54, 1.807) is 11.9 Å². The average molecular weight is 416 g/mol. The van der Waals surface area contributed by atoms with Crippen molar-refractivity contribution < 1.29 is 44.3 Å². The van der Waals surface area contributed by atoms with Gasteiger partial charge in [0.1, 0.15) is 12.2 Å². The molecule has 2 fully saturated rings. The monoisotopic (exact) mass is 416 g/mol. The van der Waals surface area contributed by atoms with Gasteiger partial charge < -0.3 is 9.64 Å². The molecule has 2 saturated heterocycles. The molecular weight excluding hydrogens is 395 g/mol. The van der Waals surface area contributed by atoms with Gasteiger partial charge >= 0.3 is 18.0 Å². The Kier molecular flexibility index (Phi) is 6.63. The topological polar surface area (TPSA) is 15.7 Å². The maximum Gasteiger partial charge on any atom is 0.425 e. The summed E-state index contributed by atoms with van der Waals surface area (Å²) in [6, 6.07) is 0. The van der Waals surface area contributed by atoms with Crippen LogP contribution in [0.4, 0.5) is 39.5 Å². The van der Waals surface area contributed by atoms with Gasteiger partial charge in [0.2, 0.25) is 6.30 Å². The summed E-state index contributed by atoms with van der Waals surface area (Å²) in [4.78, 5) is 2.62. The maximum atomic E-state index is 14.5. The number of piperazine rings is 1. The van der Waals surface area contributed by atoms with Crippen molar-refractivity contribution in [2.24, 2.45) is 0 Å². The van der Waals surface area contributed by atoms with Gasteiger partial charge in [0.15, 0.2) is 0 Å². The third kappa shape index (κ3) is 4.81. The van der Waals surface area contributed by atoms with Gasteiger partial charge in [-0.15, -0.1) is 0 Å². The van der Waals surface area contributed by atoms with E-state index in [-0.39, 0.29) is 19.5 Å². The van der Waals surface area contributed by atoms with Crippen molar-refractivity contribution in [3.63, 3.8) is 0 Å². The predicted octanol–water partition coefficient (Wildman–Crippen LogP) is 3.64. The highest BCUT2D eigenvalue weighted by Crippen LogP contribution is 2.44. The minimum atomic E-state index is -5.87. The van der Waals surface area contributed by atoms with Gasteiger partial charge in [0.05, 0.1) is 0 Å². The van der Waals surface area contributed by atoms with Crippen LogP contribution < -0.4 is 0 Å². The van der Waals surface area contributed by atoms with E-state index in [0.717, 1.165) is 4.90 Å². The van der Waals surface area contributed by atoms with Crippen LogP contribution in [0.15, 0.2) is 0 Å². The number of likely N-dealkylation sites (N-methyl/N-ethyl adjacent to an activating group) is 1. The Morgan fingerprint density at radius 2 is 1.30 bits per heavy atom. The van der Waals surface area contributed by atoms with E-state index in [2.05, 4.69) is 4.74 Å². The van der Waals surface area contributed by atoms with Crippen molar-refractivity contribution in [3.8, 4) is 0 Å². The van der Waals surface area contributed by atoms with Crippen molar-refractivity contribution in [1.29, 1.82) is 0 Å². The van der Waals surface area contributed by atoms with Gasteiger partial charge in [0.25, 0.3) is 6.17 Å².